The molecule has 17 heavy (non-hydrogen) atoms. The smallest absolute Gasteiger partial charge is 0.131 e. The first-order chi connectivity index (χ1) is 8.20. The van der Waals surface area contributed by atoms with E-state index in [0.717, 1.165) is 36.1 Å². The molecule has 0 unspecified atom stereocenters. The lowest BCUT2D eigenvalue weighted by Crippen LogP contribution is -1.96. The van der Waals surface area contributed by atoms with Gasteiger partial charge < -0.3 is 4.74 Å². The first-order valence-corrected chi connectivity index (χ1v) is 6.35. The first kappa shape index (κ1) is 12.5. The lowest BCUT2D eigenvalue weighted by Gasteiger charge is -2.07. The van der Waals surface area contributed by atoms with Crippen molar-refractivity contribution in [2.45, 2.75) is 19.8 Å². The van der Waals surface area contributed by atoms with Crippen LogP contribution in [0.4, 0.5) is 0 Å². The average molecular weight is 270 g/mol. The Morgan fingerprint density at radius 2 is 2.06 bits per heavy atom. The molecule has 0 spiro atoms. The van der Waals surface area contributed by atoms with Crippen LogP contribution in [0.25, 0.3) is 10.9 Å². The number of ether oxygens (including phenoxy) is 1. The minimum absolute atomic E-state index is 0.405. The van der Waals surface area contributed by atoms with Gasteiger partial charge in [-0.25, -0.2) is 4.98 Å². The molecule has 0 aliphatic heterocycles. The van der Waals surface area contributed by atoms with E-state index in [4.69, 9.17) is 27.9 Å². The highest BCUT2D eigenvalue weighted by atomic mass is 35.5. The van der Waals surface area contributed by atoms with E-state index in [1.807, 2.05) is 18.2 Å². The van der Waals surface area contributed by atoms with E-state index in [9.17, 15) is 0 Å². The number of rotatable bonds is 4. The molecule has 0 aliphatic carbocycles. The van der Waals surface area contributed by atoms with Crippen molar-refractivity contribution in [3.63, 3.8) is 0 Å². The fraction of sp³-hybridized carbons (Fsp3) is 0.308. The fourth-order valence-electron chi connectivity index (χ4n) is 1.56. The normalized spacial score (nSPS) is 10.8. The van der Waals surface area contributed by atoms with Crippen LogP contribution in [0, 0.1) is 0 Å². The summed E-state index contributed by atoms with van der Waals surface area (Å²) < 4.78 is 5.62. The van der Waals surface area contributed by atoms with Crippen molar-refractivity contribution in [2.24, 2.45) is 0 Å². The van der Waals surface area contributed by atoms with Gasteiger partial charge in [0.25, 0.3) is 0 Å². The minimum atomic E-state index is 0.405. The summed E-state index contributed by atoms with van der Waals surface area (Å²) in [6.07, 6.45) is 2.16. The molecule has 1 heterocycles. The molecule has 0 aliphatic rings. The maximum atomic E-state index is 6.12. The molecule has 1 aromatic carbocycles. The predicted octanol–water partition coefficient (Wildman–Crippen LogP) is 4.72. The van der Waals surface area contributed by atoms with Crippen LogP contribution in [0.3, 0.4) is 0 Å². The van der Waals surface area contributed by atoms with E-state index in [2.05, 4.69) is 11.9 Å². The Balaban J connectivity index is 2.30. The lowest BCUT2D eigenvalue weighted by molar-refractivity contribution is 0.310. The second-order valence-corrected chi connectivity index (χ2v) is 4.60. The lowest BCUT2D eigenvalue weighted by atomic mass is 10.2. The van der Waals surface area contributed by atoms with E-state index >= 15 is 0 Å². The van der Waals surface area contributed by atoms with E-state index in [1.54, 1.807) is 6.07 Å². The predicted molar refractivity (Wildman–Crippen MR) is 72.2 cm³/mol. The molecule has 90 valence electrons. The van der Waals surface area contributed by atoms with Crippen molar-refractivity contribution in [3.8, 4) is 5.75 Å². The van der Waals surface area contributed by atoms with Crippen molar-refractivity contribution in [1.82, 2.24) is 4.98 Å². The molecular formula is C13H13Cl2NO. The number of pyridine rings is 1. The van der Waals surface area contributed by atoms with Crippen LogP contribution < -0.4 is 4.74 Å². The number of hydrogen-bond donors (Lipinski definition) is 0. The summed E-state index contributed by atoms with van der Waals surface area (Å²) in [6.45, 7) is 2.85. The third kappa shape index (κ3) is 3.02. The summed E-state index contributed by atoms with van der Waals surface area (Å²) in [5.41, 5.74) is 0.783. The molecular weight excluding hydrogens is 257 g/mol. The van der Waals surface area contributed by atoms with Gasteiger partial charge in [-0.2, -0.15) is 0 Å². The maximum absolute atomic E-state index is 6.12. The van der Waals surface area contributed by atoms with Gasteiger partial charge in [-0.3, -0.25) is 0 Å². The topological polar surface area (TPSA) is 22.1 Å². The summed E-state index contributed by atoms with van der Waals surface area (Å²) >= 11 is 12.0. The molecule has 4 heteroatoms. The molecule has 1 aromatic heterocycles. The fourth-order valence-corrected chi connectivity index (χ4v) is 2.07. The molecule has 2 nitrogen and oxygen atoms in total. The van der Waals surface area contributed by atoms with Gasteiger partial charge in [0, 0.05) is 5.39 Å². The Morgan fingerprint density at radius 1 is 1.24 bits per heavy atom. The first-order valence-electron chi connectivity index (χ1n) is 5.59. The van der Waals surface area contributed by atoms with E-state index in [0.29, 0.717) is 10.2 Å². The number of aromatic nitrogens is 1. The molecule has 0 saturated carbocycles. The third-order valence-electron chi connectivity index (χ3n) is 2.47. The van der Waals surface area contributed by atoms with Gasteiger partial charge in [-0.15, -0.1) is 0 Å². The molecule has 0 bridgehead atoms. The van der Waals surface area contributed by atoms with Crippen molar-refractivity contribution in [1.29, 1.82) is 0 Å². The van der Waals surface area contributed by atoms with Crippen LogP contribution in [0.2, 0.25) is 10.2 Å². The number of fused-ring (bicyclic) bond motifs is 1. The minimum Gasteiger partial charge on any atom is -0.494 e. The Hall–Kier alpha value is -0.990. The van der Waals surface area contributed by atoms with Crippen LogP contribution in [-0.2, 0) is 0 Å². The quantitative estimate of drug-likeness (QED) is 0.592. The zero-order valence-electron chi connectivity index (χ0n) is 9.54. The number of nitrogens with zero attached hydrogens (tertiary/aromatic N) is 1. The monoisotopic (exact) mass is 269 g/mol. The van der Waals surface area contributed by atoms with Crippen molar-refractivity contribution in [3.05, 3.63) is 34.4 Å². The van der Waals surface area contributed by atoms with Gasteiger partial charge >= 0.3 is 0 Å². The molecule has 0 fully saturated rings. The SMILES string of the molecule is CCCCOc1ccc2nc(Cl)cc(Cl)c2c1. The largest absolute Gasteiger partial charge is 0.494 e. The Morgan fingerprint density at radius 3 is 2.82 bits per heavy atom. The van der Waals surface area contributed by atoms with E-state index in [1.165, 1.54) is 0 Å². The number of unbranched alkanes of at least 4 members (excludes halogenated alkanes) is 1. The van der Waals surface area contributed by atoms with Crippen LogP contribution in [0.5, 0.6) is 5.75 Å². The van der Waals surface area contributed by atoms with Gasteiger partial charge in [0.05, 0.1) is 17.1 Å². The van der Waals surface area contributed by atoms with Crippen LogP contribution in [0.1, 0.15) is 19.8 Å². The molecule has 0 radical (unpaired) electrons. The summed E-state index contributed by atoms with van der Waals surface area (Å²) in [4.78, 5) is 4.20. The van der Waals surface area contributed by atoms with Crippen LogP contribution in [0.15, 0.2) is 24.3 Å². The molecule has 0 N–H and O–H groups in total. The number of hydrogen-bond acceptors (Lipinski definition) is 2. The van der Waals surface area contributed by atoms with E-state index in [-0.39, 0.29) is 0 Å². The van der Waals surface area contributed by atoms with Crippen molar-refractivity contribution < 1.29 is 4.74 Å². The molecule has 0 atom stereocenters. The molecule has 2 rings (SSSR count). The highest BCUT2D eigenvalue weighted by molar-refractivity contribution is 6.37. The highest BCUT2D eigenvalue weighted by Gasteiger charge is 2.04. The second kappa shape index (κ2) is 5.56. The van der Waals surface area contributed by atoms with Gasteiger partial charge in [0.15, 0.2) is 0 Å². The Bertz CT molecular complexity index is 528. The molecule has 0 saturated heterocycles. The third-order valence-corrected chi connectivity index (χ3v) is 2.97. The highest BCUT2D eigenvalue weighted by Crippen LogP contribution is 2.28. The Labute approximate surface area is 111 Å². The summed E-state index contributed by atoms with van der Waals surface area (Å²) in [5.74, 6) is 0.817. The van der Waals surface area contributed by atoms with E-state index < -0.39 is 0 Å². The van der Waals surface area contributed by atoms with Crippen LogP contribution in [-0.4, -0.2) is 11.6 Å². The molecule has 2 aromatic rings. The van der Waals surface area contributed by atoms with Gasteiger partial charge in [-0.1, -0.05) is 36.5 Å². The zero-order chi connectivity index (χ0) is 12.3. The summed E-state index contributed by atoms with van der Waals surface area (Å²) in [6, 6.07) is 7.30. The zero-order valence-corrected chi connectivity index (χ0v) is 11.1. The maximum Gasteiger partial charge on any atom is 0.131 e. The summed E-state index contributed by atoms with van der Waals surface area (Å²) in [5, 5.41) is 1.87. The standard InChI is InChI=1S/C13H13Cl2NO/c1-2-3-6-17-9-4-5-12-10(7-9)11(14)8-13(15)16-12/h4-5,7-8H,2-3,6H2,1H3. The Kier molecular flexibility index (Phi) is 4.08. The van der Waals surface area contributed by atoms with Gasteiger partial charge in [0.2, 0.25) is 0 Å². The second-order valence-electron chi connectivity index (χ2n) is 3.81. The van der Waals surface area contributed by atoms with Crippen molar-refractivity contribution in [2.75, 3.05) is 6.61 Å². The van der Waals surface area contributed by atoms with Crippen molar-refractivity contribution >= 4 is 34.1 Å². The molecule has 0 amide bonds. The van der Waals surface area contributed by atoms with Crippen LogP contribution >= 0.6 is 23.2 Å². The number of halogens is 2. The van der Waals surface area contributed by atoms with Gasteiger partial charge in [0.1, 0.15) is 10.9 Å². The van der Waals surface area contributed by atoms with Gasteiger partial charge in [-0.05, 0) is 30.7 Å². The number of benzene rings is 1. The summed E-state index contributed by atoms with van der Waals surface area (Å²) in [7, 11) is 0. The average Bonchev–Trinajstić information content (AvgIpc) is 2.30.